The largest absolute Gasteiger partial charge is 0.466 e. The van der Waals surface area contributed by atoms with Crippen LogP contribution in [0.3, 0.4) is 0 Å². The van der Waals surface area contributed by atoms with Crippen molar-refractivity contribution in [1.82, 2.24) is 29.8 Å². The number of carbonyl (C=O) groups is 1. The molecule has 0 atom stereocenters. The molecule has 0 spiro atoms. The number of anilines is 1. The molecule has 21 heavy (non-hydrogen) atoms. The third kappa shape index (κ3) is 2.29. The highest BCUT2D eigenvalue weighted by Crippen LogP contribution is 2.13. The van der Waals surface area contributed by atoms with Crippen LogP contribution in [0.25, 0.3) is 5.65 Å². The second kappa shape index (κ2) is 4.85. The van der Waals surface area contributed by atoms with Crippen molar-refractivity contribution < 1.29 is 9.53 Å². The van der Waals surface area contributed by atoms with Gasteiger partial charge in [0.25, 0.3) is 5.91 Å². The van der Waals surface area contributed by atoms with E-state index in [1.54, 1.807) is 4.52 Å². The zero-order valence-corrected chi connectivity index (χ0v) is 11.7. The van der Waals surface area contributed by atoms with Gasteiger partial charge in [0.2, 0.25) is 5.95 Å². The molecule has 0 aromatic carbocycles. The summed E-state index contributed by atoms with van der Waals surface area (Å²) in [5.41, 5.74) is 2.57. The molecule has 0 fully saturated rings. The molecular weight excluding hydrogens is 274 g/mol. The van der Waals surface area contributed by atoms with Gasteiger partial charge in [-0.25, -0.2) is 14.6 Å². The van der Waals surface area contributed by atoms with Crippen LogP contribution >= 0.6 is 0 Å². The predicted octanol–water partition coefficient (Wildman–Crippen LogP) is 0.725. The van der Waals surface area contributed by atoms with Crippen LogP contribution in [0.2, 0.25) is 0 Å². The number of aryl methyl sites for hydroxylation is 2. The van der Waals surface area contributed by atoms with Gasteiger partial charge in [-0.15, -0.1) is 5.10 Å². The van der Waals surface area contributed by atoms with Gasteiger partial charge >= 0.3 is 6.01 Å². The lowest BCUT2D eigenvalue weighted by molar-refractivity contribution is 0.102. The Balaban J connectivity index is 1.94. The predicted molar refractivity (Wildman–Crippen MR) is 73.3 cm³/mol. The molecule has 3 rings (SSSR count). The Labute approximate surface area is 119 Å². The number of hydrogen-bond donors (Lipinski definition) is 2. The summed E-state index contributed by atoms with van der Waals surface area (Å²) in [7, 11) is 1.44. The minimum atomic E-state index is -0.374. The first kappa shape index (κ1) is 13.0. The molecule has 0 unspecified atom stereocenters. The van der Waals surface area contributed by atoms with Crippen molar-refractivity contribution in [2.75, 3.05) is 12.4 Å². The number of methoxy groups -OCH3 is 1. The van der Waals surface area contributed by atoms with Crippen LogP contribution in [-0.2, 0) is 0 Å². The van der Waals surface area contributed by atoms with Crippen molar-refractivity contribution in [3.63, 3.8) is 0 Å². The Bertz CT molecular complexity index is 820. The number of hydrogen-bond acceptors (Lipinski definition) is 6. The Hall–Kier alpha value is -2.97. The molecular formula is C12H13N7O2. The van der Waals surface area contributed by atoms with E-state index in [0.717, 1.165) is 11.4 Å². The van der Waals surface area contributed by atoms with Gasteiger partial charge in [0.15, 0.2) is 5.65 Å². The molecule has 9 nitrogen and oxygen atoms in total. The standard InChI is InChI=1S/C12H13N7O2/c1-6-4-7(2)19-9(14-6)8(5-13-19)10(20)15-11-16-12(21-3)18-17-11/h4-5H,1-3H3,(H2,15,16,17,18,20). The Morgan fingerprint density at radius 2 is 2.19 bits per heavy atom. The van der Waals surface area contributed by atoms with Gasteiger partial charge in [0, 0.05) is 11.4 Å². The number of nitrogens with zero attached hydrogens (tertiary/aromatic N) is 5. The van der Waals surface area contributed by atoms with Crippen molar-refractivity contribution in [2.45, 2.75) is 13.8 Å². The number of H-pyrrole nitrogens is 1. The fourth-order valence-corrected chi connectivity index (χ4v) is 2.00. The molecule has 0 saturated heterocycles. The number of rotatable bonds is 3. The summed E-state index contributed by atoms with van der Waals surface area (Å²) in [6.07, 6.45) is 1.47. The maximum absolute atomic E-state index is 12.3. The Morgan fingerprint density at radius 1 is 1.38 bits per heavy atom. The number of nitrogens with one attached hydrogen (secondary N) is 2. The van der Waals surface area contributed by atoms with Crippen molar-refractivity contribution >= 4 is 17.5 Å². The number of carbonyl (C=O) groups excluding carboxylic acids is 1. The summed E-state index contributed by atoms with van der Waals surface area (Å²) in [4.78, 5) is 20.6. The smallest absolute Gasteiger partial charge is 0.336 e. The summed E-state index contributed by atoms with van der Waals surface area (Å²) in [6.45, 7) is 3.76. The van der Waals surface area contributed by atoms with Gasteiger partial charge in [-0.2, -0.15) is 10.1 Å². The quantitative estimate of drug-likeness (QED) is 0.734. The number of aromatic amines is 1. The summed E-state index contributed by atoms with van der Waals surface area (Å²) in [5.74, 6) is -0.179. The second-order valence-electron chi connectivity index (χ2n) is 4.46. The normalized spacial score (nSPS) is 10.8. The zero-order chi connectivity index (χ0) is 15.0. The third-order valence-electron chi connectivity index (χ3n) is 2.90. The van der Waals surface area contributed by atoms with Crippen molar-refractivity contribution in [2.24, 2.45) is 0 Å². The van der Waals surface area contributed by atoms with Crippen LogP contribution in [-0.4, -0.2) is 42.8 Å². The molecule has 9 heteroatoms. The monoisotopic (exact) mass is 287 g/mol. The topological polar surface area (TPSA) is 110 Å². The molecule has 0 bridgehead atoms. The highest BCUT2D eigenvalue weighted by Gasteiger charge is 2.17. The van der Waals surface area contributed by atoms with Crippen molar-refractivity contribution in [3.8, 4) is 6.01 Å². The molecule has 0 aliphatic carbocycles. The fourth-order valence-electron chi connectivity index (χ4n) is 2.00. The van der Waals surface area contributed by atoms with Crippen molar-refractivity contribution in [1.29, 1.82) is 0 Å². The highest BCUT2D eigenvalue weighted by atomic mass is 16.5. The first-order chi connectivity index (χ1) is 10.1. The molecule has 2 N–H and O–H groups in total. The summed E-state index contributed by atoms with van der Waals surface area (Å²) < 4.78 is 6.45. The van der Waals surface area contributed by atoms with Crippen LogP contribution in [0.4, 0.5) is 5.95 Å². The average Bonchev–Trinajstić information content (AvgIpc) is 3.04. The maximum atomic E-state index is 12.3. The molecule has 108 valence electrons. The van der Waals surface area contributed by atoms with Gasteiger partial charge in [-0.3, -0.25) is 10.1 Å². The van der Waals surface area contributed by atoms with Crippen LogP contribution in [0, 0.1) is 13.8 Å². The van der Waals surface area contributed by atoms with Crippen molar-refractivity contribution in [3.05, 3.63) is 29.2 Å². The third-order valence-corrected chi connectivity index (χ3v) is 2.90. The van der Waals surface area contributed by atoms with E-state index < -0.39 is 0 Å². The lowest BCUT2D eigenvalue weighted by Gasteiger charge is -2.02. The minimum Gasteiger partial charge on any atom is -0.466 e. The van der Waals surface area contributed by atoms with Crippen LogP contribution in [0.15, 0.2) is 12.3 Å². The number of aromatic nitrogens is 6. The molecule has 0 saturated carbocycles. The number of fused-ring (bicyclic) bond motifs is 1. The van der Waals surface area contributed by atoms with E-state index in [9.17, 15) is 4.79 Å². The van der Waals surface area contributed by atoms with Crippen LogP contribution < -0.4 is 10.1 Å². The number of amides is 1. The van der Waals surface area contributed by atoms with Gasteiger partial charge in [0.05, 0.1) is 13.3 Å². The van der Waals surface area contributed by atoms with Gasteiger partial charge < -0.3 is 4.74 Å². The molecule has 0 radical (unpaired) electrons. The maximum Gasteiger partial charge on any atom is 0.336 e. The molecule has 0 aliphatic heterocycles. The molecule has 3 aromatic rings. The van der Waals surface area contributed by atoms with E-state index in [2.05, 4.69) is 30.6 Å². The fraction of sp³-hybridized carbons (Fsp3) is 0.250. The molecule has 1 amide bonds. The van der Waals surface area contributed by atoms with Crippen LogP contribution in [0.1, 0.15) is 21.7 Å². The first-order valence-corrected chi connectivity index (χ1v) is 6.18. The summed E-state index contributed by atoms with van der Waals surface area (Å²) in [6, 6.07) is 2.04. The van der Waals surface area contributed by atoms with E-state index >= 15 is 0 Å². The van der Waals surface area contributed by atoms with Crippen LogP contribution in [0.5, 0.6) is 6.01 Å². The Kier molecular flexibility index (Phi) is 3.01. The molecule has 0 aliphatic rings. The van der Waals surface area contributed by atoms with Gasteiger partial charge in [-0.05, 0) is 19.9 Å². The summed E-state index contributed by atoms with van der Waals surface area (Å²) in [5, 5.41) is 13.1. The average molecular weight is 287 g/mol. The summed E-state index contributed by atoms with van der Waals surface area (Å²) >= 11 is 0. The van der Waals surface area contributed by atoms with E-state index in [4.69, 9.17) is 4.74 Å². The first-order valence-electron chi connectivity index (χ1n) is 6.18. The van der Waals surface area contributed by atoms with E-state index in [0.29, 0.717) is 11.2 Å². The van der Waals surface area contributed by atoms with E-state index in [-0.39, 0.29) is 17.9 Å². The number of ether oxygens (including phenoxy) is 1. The lowest BCUT2D eigenvalue weighted by atomic mass is 10.3. The highest BCUT2D eigenvalue weighted by molar-refractivity contribution is 6.07. The van der Waals surface area contributed by atoms with E-state index in [1.807, 2.05) is 19.9 Å². The zero-order valence-electron chi connectivity index (χ0n) is 11.7. The second-order valence-corrected chi connectivity index (χ2v) is 4.46. The lowest BCUT2D eigenvalue weighted by Crippen LogP contribution is -2.13. The van der Waals surface area contributed by atoms with Gasteiger partial charge in [-0.1, -0.05) is 0 Å². The minimum absolute atomic E-state index is 0.148. The van der Waals surface area contributed by atoms with Gasteiger partial charge in [0.1, 0.15) is 5.56 Å². The SMILES string of the molecule is COc1n[nH]c(NC(=O)c2cnn3c(C)cc(C)nc23)n1. The Morgan fingerprint density at radius 3 is 2.90 bits per heavy atom. The molecule has 3 aromatic heterocycles. The van der Waals surface area contributed by atoms with E-state index in [1.165, 1.54) is 13.3 Å². The molecule has 3 heterocycles.